The van der Waals surface area contributed by atoms with Crippen LogP contribution in [0.15, 0.2) is 12.3 Å². The summed E-state index contributed by atoms with van der Waals surface area (Å²) in [4.78, 5) is 30.4. The molecule has 0 spiro atoms. The topological polar surface area (TPSA) is 82.0 Å². The highest BCUT2D eigenvalue weighted by Crippen LogP contribution is 2.38. The number of hydrogen-bond donors (Lipinski definition) is 1. The van der Waals surface area contributed by atoms with Crippen molar-refractivity contribution in [2.75, 3.05) is 19.6 Å². The van der Waals surface area contributed by atoms with Gasteiger partial charge < -0.3 is 10.0 Å². The molecule has 182 valence electrons. The van der Waals surface area contributed by atoms with E-state index in [2.05, 4.69) is 24.5 Å². The first kappa shape index (κ1) is 22.0. The highest BCUT2D eigenvalue weighted by atomic mass is 16.3. The molecule has 0 radical (unpaired) electrons. The van der Waals surface area contributed by atoms with Crippen LogP contribution in [0.25, 0.3) is 5.65 Å². The Morgan fingerprint density at radius 3 is 2.56 bits per heavy atom. The third-order valence-corrected chi connectivity index (χ3v) is 8.82. The van der Waals surface area contributed by atoms with Gasteiger partial charge in [-0.2, -0.15) is 4.57 Å². The molecule has 1 N–H and O–H groups in total. The second-order valence-corrected chi connectivity index (χ2v) is 11.4. The van der Waals surface area contributed by atoms with Gasteiger partial charge in [0.25, 0.3) is 5.91 Å². The van der Waals surface area contributed by atoms with Crippen LogP contribution in [0.5, 0.6) is 0 Å². The summed E-state index contributed by atoms with van der Waals surface area (Å²) in [5.41, 5.74) is 1.98. The number of carbonyl (C=O) groups excluding carboxylic acids is 2. The van der Waals surface area contributed by atoms with Crippen molar-refractivity contribution < 1.29 is 19.3 Å². The standard InChI is InChI=1S/C26H36N5O3/c1-17(2)19-14-20(18-8-5-4-6-9-18)27-30-15-21-23(32)29-13-12-28(24(33)26(34)10-7-11-26)16-25(29,3)31(21)22(19)30/h14-15,17-18,34H,4-13,16H2,1-3H3/q+1. The second kappa shape index (κ2) is 7.51. The van der Waals surface area contributed by atoms with Crippen molar-refractivity contribution in [3.05, 3.63) is 29.2 Å². The highest BCUT2D eigenvalue weighted by molar-refractivity contribution is 5.93. The zero-order chi connectivity index (χ0) is 23.8. The fourth-order valence-electron chi connectivity index (χ4n) is 6.66. The maximum absolute atomic E-state index is 13.5. The summed E-state index contributed by atoms with van der Waals surface area (Å²) in [5, 5.41) is 15.7. The summed E-state index contributed by atoms with van der Waals surface area (Å²) in [5.74, 6) is 0.554. The lowest BCUT2D eigenvalue weighted by molar-refractivity contribution is -0.749. The first-order valence-electron chi connectivity index (χ1n) is 13.1. The van der Waals surface area contributed by atoms with Gasteiger partial charge in [-0.1, -0.05) is 42.7 Å². The molecule has 0 bridgehead atoms. The van der Waals surface area contributed by atoms with Gasteiger partial charge in [0.1, 0.15) is 5.60 Å². The average Bonchev–Trinajstić information content (AvgIpc) is 3.30. The molecule has 1 saturated heterocycles. The second-order valence-electron chi connectivity index (χ2n) is 11.4. The number of imidazole rings is 1. The van der Waals surface area contributed by atoms with Crippen LogP contribution in [0.1, 0.15) is 106 Å². The Labute approximate surface area is 200 Å². The molecule has 4 heterocycles. The number of fused-ring (bicyclic) bond motifs is 5. The first-order chi connectivity index (χ1) is 16.2. The maximum Gasteiger partial charge on any atom is 0.313 e. The van der Waals surface area contributed by atoms with Crippen LogP contribution in [0.4, 0.5) is 0 Å². The molecule has 2 saturated carbocycles. The van der Waals surface area contributed by atoms with E-state index in [1.165, 1.54) is 37.7 Å². The van der Waals surface area contributed by atoms with E-state index in [0.717, 1.165) is 17.8 Å². The van der Waals surface area contributed by atoms with E-state index in [1.807, 2.05) is 22.5 Å². The van der Waals surface area contributed by atoms with Crippen LogP contribution in [-0.2, 0) is 10.5 Å². The third kappa shape index (κ3) is 3.00. The summed E-state index contributed by atoms with van der Waals surface area (Å²) in [6.07, 6.45) is 9.99. The molecule has 4 aliphatic rings. The van der Waals surface area contributed by atoms with Crippen molar-refractivity contribution in [3.63, 3.8) is 0 Å². The summed E-state index contributed by atoms with van der Waals surface area (Å²) in [6, 6.07) is 2.27. The molecule has 6 rings (SSSR count). The van der Waals surface area contributed by atoms with E-state index in [1.54, 1.807) is 4.90 Å². The molecule has 1 atom stereocenters. The number of carbonyl (C=O) groups is 2. The molecule has 2 aliphatic carbocycles. The van der Waals surface area contributed by atoms with Crippen molar-refractivity contribution in [1.29, 1.82) is 0 Å². The number of amides is 2. The molecule has 2 aromatic rings. The first-order valence-corrected chi connectivity index (χ1v) is 13.1. The van der Waals surface area contributed by atoms with Crippen molar-refractivity contribution in [1.82, 2.24) is 19.4 Å². The van der Waals surface area contributed by atoms with E-state index >= 15 is 0 Å². The van der Waals surface area contributed by atoms with Gasteiger partial charge >= 0.3 is 11.6 Å². The molecule has 2 aliphatic heterocycles. The van der Waals surface area contributed by atoms with Gasteiger partial charge in [-0.3, -0.25) is 14.5 Å². The highest BCUT2D eigenvalue weighted by Gasteiger charge is 2.58. The Morgan fingerprint density at radius 1 is 1.18 bits per heavy atom. The zero-order valence-corrected chi connectivity index (χ0v) is 20.6. The lowest BCUT2D eigenvalue weighted by Gasteiger charge is -2.46. The van der Waals surface area contributed by atoms with E-state index < -0.39 is 11.3 Å². The SMILES string of the molecule is CC(C)c1cc(C2CCCCC2)nn2cc3[n+](c12)C1(C)CN(C(=O)C2(O)CCC2)CCN1C3=O. The monoisotopic (exact) mass is 466 g/mol. The van der Waals surface area contributed by atoms with Gasteiger partial charge in [0.05, 0.1) is 12.2 Å². The molecule has 2 amide bonds. The summed E-state index contributed by atoms with van der Waals surface area (Å²) in [7, 11) is 0. The molecular formula is C26H36N5O3+. The predicted octanol–water partition coefficient (Wildman–Crippen LogP) is 2.68. The predicted molar refractivity (Wildman–Crippen MR) is 125 cm³/mol. The van der Waals surface area contributed by atoms with Gasteiger partial charge in [0.15, 0.2) is 6.20 Å². The van der Waals surface area contributed by atoms with Crippen molar-refractivity contribution in [2.45, 2.75) is 95.2 Å². The van der Waals surface area contributed by atoms with Crippen LogP contribution in [-0.4, -0.2) is 61.6 Å². The van der Waals surface area contributed by atoms with E-state index in [9.17, 15) is 14.7 Å². The minimum Gasteiger partial charge on any atom is -0.380 e. The van der Waals surface area contributed by atoms with Crippen molar-refractivity contribution in [3.8, 4) is 0 Å². The lowest BCUT2D eigenvalue weighted by Crippen LogP contribution is -2.71. The van der Waals surface area contributed by atoms with Crippen molar-refractivity contribution >= 4 is 17.5 Å². The lowest BCUT2D eigenvalue weighted by atomic mass is 9.79. The molecule has 1 unspecified atom stereocenters. The van der Waals surface area contributed by atoms with E-state index in [-0.39, 0.29) is 17.7 Å². The minimum atomic E-state index is -1.23. The average molecular weight is 467 g/mol. The Hall–Kier alpha value is -2.48. The summed E-state index contributed by atoms with van der Waals surface area (Å²) >= 11 is 0. The molecule has 8 nitrogen and oxygen atoms in total. The van der Waals surface area contributed by atoms with Gasteiger partial charge in [-0.25, -0.2) is 0 Å². The Balaban J connectivity index is 1.45. The Morgan fingerprint density at radius 2 is 1.91 bits per heavy atom. The molecular weight excluding hydrogens is 430 g/mol. The van der Waals surface area contributed by atoms with E-state index in [0.29, 0.717) is 44.1 Å². The molecule has 8 heteroatoms. The molecule has 0 aromatic carbocycles. The summed E-state index contributed by atoms with van der Waals surface area (Å²) < 4.78 is 4.04. The van der Waals surface area contributed by atoms with Crippen LogP contribution in [0.2, 0.25) is 0 Å². The van der Waals surface area contributed by atoms with Crippen LogP contribution >= 0.6 is 0 Å². The van der Waals surface area contributed by atoms with Crippen molar-refractivity contribution in [2.24, 2.45) is 0 Å². The van der Waals surface area contributed by atoms with E-state index in [4.69, 9.17) is 5.10 Å². The number of nitrogens with zero attached hydrogens (tertiary/aromatic N) is 5. The maximum atomic E-state index is 13.5. The number of aliphatic hydroxyl groups is 1. The van der Waals surface area contributed by atoms with Gasteiger partial charge in [0, 0.05) is 31.5 Å². The van der Waals surface area contributed by atoms with Gasteiger partial charge in [0.2, 0.25) is 11.4 Å². The fourth-order valence-corrected chi connectivity index (χ4v) is 6.66. The normalized spacial score (nSPS) is 26.7. The molecule has 3 fully saturated rings. The smallest absolute Gasteiger partial charge is 0.313 e. The van der Waals surface area contributed by atoms with Gasteiger partial charge in [-0.15, -0.1) is 0 Å². The third-order valence-electron chi connectivity index (χ3n) is 8.82. The fraction of sp³-hybridized carbons (Fsp3) is 0.692. The molecule has 2 aromatic heterocycles. The summed E-state index contributed by atoms with van der Waals surface area (Å²) in [6.45, 7) is 7.73. The zero-order valence-electron chi connectivity index (χ0n) is 20.6. The largest absolute Gasteiger partial charge is 0.380 e. The van der Waals surface area contributed by atoms with Gasteiger partial charge in [-0.05, 0) is 44.1 Å². The van der Waals surface area contributed by atoms with Crippen LogP contribution < -0.4 is 4.57 Å². The van der Waals surface area contributed by atoms with Crippen LogP contribution in [0, 0.1) is 0 Å². The number of aromatic nitrogens is 3. The Kier molecular flexibility index (Phi) is 4.86. The Bertz CT molecular complexity index is 1180. The van der Waals surface area contributed by atoms with Crippen LogP contribution in [0.3, 0.4) is 0 Å². The number of piperazine rings is 1. The number of hydrogen-bond acceptors (Lipinski definition) is 4. The minimum absolute atomic E-state index is 0.00335. The molecule has 34 heavy (non-hydrogen) atoms. The number of rotatable bonds is 3. The quantitative estimate of drug-likeness (QED) is 0.705.